The van der Waals surface area contributed by atoms with E-state index in [-0.39, 0.29) is 12.2 Å². The quantitative estimate of drug-likeness (QED) is 0.840. The van der Waals surface area contributed by atoms with Gasteiger partial charge < -0.3 is 16.2 Å². The number of nitrogen functional groups attached to an aromatic ring is 1. The van der Waals surface area contributed by atoms with Gasteiger partial charge in [-0.2, -0.15) is 0 Å². The van der Waals surface area contributed by atoms with Crippen LogP contribution >= 0.6 is 0 Å². The number of ether oxygens (including phenoxy) is 1. The predicted octanol–water partition coefficient (Wildman–Crippen LogP) is 2.39. The monoisotopic (exact) mass is 274 g/mol. The predicted molar refractivity (Wildman–Crippen MR) is 74.8 cm³/mol. The lowest BCUT2D eigenvalue weighted by Crippen LogP contribution is -2.12. The molecule has 20 heavy (non-hydrogen) atoms. The molecule has 0 radical (unpaired) electrons. The molecule has 4 nitrogen and oxygen atoms in total. The summed E-state index contributed by atoms with van der Waals surface area (Å²) in [5, 5.41) is 0. The Kier molecular flexibility index (Phi) is 3.89. The normalized spacial score (nSPS) is 10.3. The number of anilines is 1. The highest BCUT2D eigenvalue weighted by Crippen LogP contribution is 2.24. The average Bonchev–Trinajstić information content (AvgIpc) is 2.41. The van der Waals surface area contributed by atoms with Gasteiger partial charge in [-0.15, -0.1) is 0 Å². The van der Waals surface area contributed by atoms with E-state index in [0.29, 0.717) is 17.0 Å². The molecule has 2 aromatic rings. The molecule has 0 aliphatic heterocycles. The minimum atomic E-state index is -0.664. The molecule has 0 bridgehead atoms. The second-order valence-corrected chi connectivity index (χ2v) is 4.43. The van der Waals surface area contributed by atoms with Crippen molar-refractivity contribution in [1.29, 1.82) is 0 Å². The van der Waals surface area contributed by atoms with Gasteiger partial charge in [-0.05, 0) is 31.2 Å². The van der Waals surface area contributed by atoms with Crippen LogP contribution in [0.25, 0.3) is 0 Å². The molecule has 0 unspecified atom stereocenters. The molecule has 0 heterocycles. The van der Waals surface area contributed by atoms with E-state index in [0.717, 1.165) is 11.6 Å². The summed E-state index contributed by atoms with van der Waals surface area (Å²) >= 11 is 0. The van der Waals surface area contributed by atoms with Crippen LogP contribution in [0.1, 0.15) is 21.5 Å². The third kappa shape index (κ3) is 2.88. The van der Waals surface area contributed by atoms with Crippen LogP contribution in [-0.4, -0.2) is 5.91 Å². The lowest BCUT2D eigenvalue weighted by Gasteiger charge is -2.11. The number of rotatable bonds is 4. The maximum absolute atomic E-state index is 13.8. The lowest BCUT2D eigenvalue weighted by molar-refractivity contribution is 0.0999. The van der Waals surface area contributed by atoms with E-state index in [2.05, 4.69) is 0 Å². The molecular formula is C15H15FN2O2. The highest BCUT2D eigenvalue weighted by atomic mass is 19.1. The molecule has 0 atom stereocenters. The third-order valence-corrected chi connectivity index (χ3v) is 3.05. The van der Waals surface area contributed by atoms with Gasteiger partial charge in [0.15, 0.2) is 0 Å². The molecular weight excluding hydrogens is 259 g/mol. The summed E-state index contributed by atoms with van der Waals surface area (Å²) in [6.07, 6.45) is 0. The number of carbonyl (C=O) groups excluding carboxylic acids is 1. The van der Waals surface area contributed by atoms with Gasteiger partial charge in [0, 0.05) is 22.4 Å². The Bertz CT molecular complexity index is 656. The van der Waals surface area contributed by atoms with E-state index in [1.807, 2.05) is 6.92 Å². The fraction of sp³-hybridized carbons (Fsp3) is 0.133. The summed E-state index contributed by atoms with van der Waals surface area (Å²) in [4.78, 5) is 10.9. The largest absolute Gasteiger partial charge is 0.488 e. The van der Waals surface area contributed by atoms with Crippen molar-refractivity contribution in [3.05, 3.63) is 58.9 Å². The maximum Gasteiger partial charge on any atom is 0.248 e. The van der Waals surface area contributed by atoms with Gasteiger partial charge in [-0.1, -0.05) is 12.1 Å². The molecule has 104 valence electrons. The molecule has 0 spiro atoms. The van der Waals surface area contributed by atoms with Crippen molar-refractivity contribution < 1.29 is 13.9 Å². The topological polar surface area (TPSA) is 78.3 Å². The molecule has 5 heteroatoms. The Morgan fingerprint density at radius 1 is 1.30 bits per heavy atom. The Hall–Kier alpha value is -2.56. The number of hydrogen-bond donors (Lipinski definition) is 2. The molecule has 2 aromatic carbocycles. The van der Waals surface area contributed by atoms with Crippen LogP contribution in [0, 0.1) is 12.7 Å². The zero-order valence-corrected chi connectivity index (χ0v) is 11.0. The number of carbonyl (C=O) groups is 1. The SMILES string of the molecule is Cc1c(N)cccc1OCc1ccc(C(N)=O)cc1F. The fourth-order valence-electron chi connectivity index (χ4n) is 1.76. The summed E-state index contributed by atoms with van der Waals surface area (Å²) in [7, 11) is 0. The van der Waals surface area contributed by atoms with E-state index >= 15 is 0 Å². The van der Waals surface area contributed by atoms with Gasteiger partial charge in [0.25, 0.3) is 0 Å². The van der Waals surface area contributed by atoms with Crippen molar-refractivity contribution in [2.75, 3.05) is 5.73 Å². The number of amides is 1. The number of nitrogens with two attached hydrogens (primary N) is 2. The molecule has 1 amide bonds. The smallest absolute Gasteiger partial charge is 0.248 e. The minimum Gasteiger partial charge on any atom is -0.488 e. The first-order valence-corrected chi connectivity index (χ1v) is 6.05. The average molecular weight is 274 g/mol. The van der Waals surface area contributed by atoms with Gasteiger partial charge in [0.1, 0.15) is 18.2 Å². The number of halogens is 1. The minimum absolute atomic E-state index is 0.0508. The Morgan fingerprint density at radius 3 is 2.70 bits per heavy atom. The van der Waals surface area contributed by atoms with E-state index in [9.17, 15) is 9.18 Å². The first kappa shape index (κ1) is 13.9. The Morgan fingerprint density at radius 2 is 2.05 bits per heavy atom. The van der Waals surface area contributed by atoms with Crippen molar-refractivity contribution >= 4 is 11.6 Å². The van der Waals surface area contributed by atoms with E-state index in [1.165, 1.54) is 12.1 Å². The molecule has 2 rings (SSSR count). The molecule has 0 aromatic heterocycles. The van der Waals surface area contributed by atoms with Crippen molar-refractivity contribution in [3.63, 3.8) is 0 Å². The van der Waals surface area contributed by atoms with Crippen molar-refractivity contribution in [1.82, 2.24) is 0 Å². The van der Waals surface area contributed by atoms with Crippen LogP contribution < -0.4 is 16.2 Å². The summed E-state index contributed by atoms with van der Waals surface area (Å²) in [5.41, 5.74) is 12.8. The standard InChI is InChI=1S/C15H15FN2O2/c1-9-13(17)3-2-4-14(9)20-8-11-6-5-10(15(18)19)7-12(11)16/h2-7H,8,17H2,1H3,(H2,18,19). The summed E-state index contributed by atoms with van der Waals surface area (Å²) in [5.74, 6) is -0.589. The molecule has 0 fully saturated rings. The van der Waals surface area contributed by atoms with Crippen LogP contribution in [0.15, 0.2) is 36.4 Å². The molecule has 0 saturated carbocycles. The van der Waals surface area contributed by atoms with Crippen LogP contribution in [0.2, 0.25) is 0 Å². The first-order valence-electron chi connectivity index (χ1n) is 6.05. The summed E-state index contributed by atoms with van der Waals surface area (Å²) in [6, 6.07) is 9.36. The van der Waals surface area contributed by atoms with Crippen LogP contribution in [-0.2, 0) is 6.61 Å². The lowest BCUT2D eigenvalue weighted by atomic mass is 10.1. The zero-order valence-electron chi connectivity index (χ0n) is 11.0. The second-order valence-electron chi connectivity index (χ2n) is 4.43. The second kappa shape index (κ2) is 5.61. The maximum atomic E-state index is 13.8. The highest BCUT2D eigenvalue weighted by Gasteiger charge is 2.09. The zero-order chi connectivity index (χ0) is 14.7. The Labute approximate surface area is 116 Å². The van der Waals surface area contributed by atoms with E-state index < -0.39 is 11.7 Å². The fourth-order valence-corrected chi connectivity index (χ4v) is 1.76. The number of hydrogen-bond acceptors (Lipinski definition) is 3. The van der Waals surface area contributed by atoms with Gasteiger partial charge in [0.05, 0.1) is 0 Å². The summed E-state index contributed by atoms with van der Waals surface area (Å²) < 4.78 is 19.3. The van der Waals surface area contributed by atoms with Gasteiger partial charge >= 0.3 is 0 Å². The van der Waals surface area contributed by atoms with Crippen LogP contribution in [0.5, 0.6) is 5.75 Å². The van der Waals surface area contributed by atoms with Crippen LogP contribution in [0.4, 0.5) is 10.1 Å². The molecule has 4 N–H and O–H groups in total. The molecule has 0 aliphatic rings. The van der Waals surface area contributed by atoms with Gasteiger partial charge in [0.2, 0.25) is 5.91 Å². The Balaban J connectivity index is 2.15. The third-order valence-electron chi connectivity index (χ3n) is 3.05. The molecule has 0 aliphatic carbocycles. The first-order chi connectivity index (χ1) is 9.49. The molecule has 0 saturated heterocycles. The summed E-state index contributed by atoms with van der Waals surface area (Å²) in [6.45, 7) is 1.88. The van der Waals surface area contributed by atoms with Crippen molar-refractivity contribution in [2.45, 2.75) is 13.5 Å². The number of benzene rings is 2. The van der Waals surface area contributed by atoms with E-state index in [4.69, 9.17) is 16.2 Å². The van der Waals surface area contributed by atoms with Gasteiger partial charge in [-0.3, -0.25) is 4.79 Å². The van der Waals surface area contributed by atoms with Crippen molar-refractivity contribution in [3.8, 4) is 5.75 Å². The highest BCUT2D eigenvalue weighted by molar-refractivity contribution is 5.92. The van der Waals surface area contributed by atoms with E-state index in [1.54, 1.807) is 18.2 Å². The van der Waals surface area contributed by atoms with Crippen LogP contribution in [0.3, 0.4) is 0 Å². The van der Waals surface area contributed by atoms with Crippen molar-refractivity contribution in [2.24, 2.45) is 5.73 Å². The van der Waals surface area contributed by atoms with Gasteiger partial charge in [-0.25, -0.2) is 4.39 Å². The number of primary amides is 1.